The van der Waals surface area contributed by atoms with E-state index >= 15 is 0 Å². The first-order valence-electron chi connectivity index (χ1n) is 7.03. The van der Waals surface area contributed by atoms with Gasteiger partial charge in [0.15, 0.2) is 5.67 Å². The van der Waals surface area contributed by atoms with Gasteiger partial charge in [-0.05, 0) is 40.5 Å². The molecule has 1 aromatic rings. The summed E-state index contributed by atoms with van der Waals surface area (Å²) >= 11 is 0. The summed E-state index contributed by atoms with van der Waals surface area (Å²) in [5, 5.41) is 11.0. The SMILES string of the molecule is CC(=NS(=O)(=O)C(C)(C)C)c1cc([N+](=O)[O-])cc(C2(F)CC2)n1. The highest BCUT2D eigenvalue weighted by Crippen LogP contribution is 2.49. The van der Waals surface area contributed by atoms with Crippen LogP contribution in [0, 0.1) is 10.1 Å². The summed E-state index contributed by atoms with van der Waals surface area (Å²) in [6.45, 7) is 5.86. The van der Waals surface area contributed by atoms with Crippen molar-refractivity contribution in [1.82, 2.24) is 4.98 Å². The van der Waals surface area contributed by atoms with Gasteiger partial charge in [-0.15, -0.1) is 0 Å². The van der Waals surface area contributed by atoms with Crippen molar-refractivity contribution < 1.29 is 17.7 Å². The molecule has 2 rings (SSSR count). The monoisotopic (exact) mass is 343 g/mol. The van der Waals surface area contributed by atoms with E-state index in [1.54, 1.807) is 0 Å². The number of nitrogens with zero attached hydrogens (tertiary/aromatic N) is 3. The van der Waals surface area contributed by atoms with E-state index in [9.17, 15) is 22.9 Å². The van der Waals surface area contributed by atoms with Crippen molar-refractivity contribution in [3.05, 3.63) is 33.6 Å². The molecule has 0 unspecified atom stereocenters. The Kier molecular flexibility index (Phi) is 4.04. The first kappa shape index (κ1) is 17.5. The van der Waals surface area contributed by atoms with E-state index < -0.39 is 25.4 Å². The molecule has 1 aliphatic rings. The zero-order chi connectivity index (χ0) is 17.6. The molecule has 0 aliphatic heterocycles. The smallest absolute Gasteiger partial charge is 0.258 e. The van der Waals surface area contributed by atoms with Gasteiger partial charge in [-0.2, -0.15) is 4.40 Å². The van der Waals surface area contributed by atoms with Crippen molar-refractivity contribution in [3.8, 4) is 0 Å². The molecule has 0 amide bonds. The number of alkyl halides is 1. The van der Waals surface area contributed by atoms with E-state index in [0.29, 0.717) is 0 Å². The Morgan fingerprint density at radius 1 is 1.39 bits per heavy atom. The lowest BCUT2D eigenvalue weighted by atomic mass is 10.1. The van der Waals surface area contributed by atoms with Crippen LogP contribution < -0.4 is 0 Å². The van der Waals surface area contributed by atoms with Crippen LogP contribution >= 0.6 is 0 Å². The Labute approximate surface area is 133 Å². The van der Waals surface area contributed by atoms with E-state index in [-0.39, 0.29) is 35.6 Å². The molecular formula is C14H18FN3O4S. The lowest BCUT2D eigenvalue weighted by Gasteiger charge is -2.15. The van der Waals surface area contributed by atoms with Crippen LogP contribution in [0.15, 0.2) is 16.5 Å². The van der Waals surface area contributed by atoms with Crippen molar-refractivity contribution in [2.24, 2.45) is 4.40 Å². The summed E-state index contributed by atoms with van der Waals surface area (Å²) < 4.78 is 41.0. The first-order valence-corrected chi connectivity index (χ1v) is 8.47. The van der Waals surface area contributed by atoms with E-state index in [2.05, 4.69) is 9.38 Å². The summed E-state index contributed by atoms with van der Waals surface area (Å²) in [5.41, 5.74) is -2.06. The minimum Gasteiger partial charge on any atom is -0.258 e. The minimum absolute atomic E-state index is 0.00544. The zero-order valence-corrected chi connectivity index (χ0v) is 14.1. The molecule has 1 fully saturated rings. The largest absolute Gasteiger partial charge is 0.273 e. The Hall–Kier alpha value is -1.90. The van der Waals surface area contributed by atoms with E-state index in [0.717, 1.165) is 12.1 Å². The second-order valence-corrected chi connectivity index (χ2v) is 8.94. The van der Waals surface area contributed by atoms with Gasteiger partial charge in [0.25, 0.3) is 15.7 Å². The number of aromatic nitrogens is 1. The average molecular weight is 343 g/mol. The van der Waals surface area contributed by atoms with Gasteiger partial charge in [0.05, 0.1) is 26.8 Å². The van der Waals surface area contributed by atoms with Crippen LogP contribution in [0.5, 0.6) is 0 Å². The normalized spacial score (nSPS) is 17.9. The molecule has 7 nitrogen and oxygen atoms in total. The topological polar surface area (TPSA) is 103 Å². The van der Waals surface area contributed by atoms with Crippen LogP contribution in [0.1, 0.15) is 51.9 Å². The molecule has 0 atom stereocenters. The third kappa shape index (κ3) is 3.54. The van der Waals surface area contributed by atoms with E-state index in [4.69, 9.17) is 0 Å². The van der Waals surface area contributed by atoms with Crippen LogP contribution in [0.2, 0.25) is 0 Å². The standard InChI is InChI=1S/C14H18FN3O4S/c1-9(17-23(21,22)13(2,3)4)11-7-10(18(19)20)8-12(16-11)14(15)5-6-14/h7-8H,5-6H2,1-4H3. The number of pyridine rings is 1. The molecule has 0 N–H and O–H groups in total. The van der Waals surface area contributed by atoms with Crippen LogP contribution in [0.3, 0.4) is 0 Å². The molecule has 1 saturated carbocycles. The number of nitro groups is 1. The van der Waals surface area contributed by atoms with E-state index in [1.165, 1.54) is 27.7 Å². The molecule has 0 radical (unpaired) electrons. The van der Waals surface area contributed by atoms with Gasteiger partial charge in [-0.3, -0.25) is 10.1 Å². The summed E-state index contributed by atoms with van der Waals surface area (Å²) in [5.74, 6) is 0. The highest BCUT2D eigenvalue weighted by atomic mass is 32.2. The lowest BCUT2D eigenvalue weighted by molar-refractivity contribution is -0.385. The Morgan fingerprint density at radius 2 is 1.96 bits per heavy atom. The van der Waals surface area contributed by atoms with Crippen LogP contribution in [-0.2, 0) is 15.7 Å². The van der Waals surface area contributed by atoms with Gasteiger partial charge in [0.1, 0.15) is 0 Å². The fourth-order valence-electron chi connectivity index (χ4n) is 1.77. The molecule has 0 saturated heterocycles. The van der Waals surface area contributed by atoms with Gasteiger partial charge in [-0.1, -0.05) is 0 Å². The fraction of sp³-hybridized carbons (Fsp3) is 0.571. The summed E-state index contributed by atoms with van der Waals surface area (Å²) in [4.78, 5) is 14.4. The third-order valence-electron chi connectivity index (χ3n) is 3.57. The maximum atomic E-state index is 14.2. The predicted molar refractivity (Wildman–Crippen MR) is 83.8 cm³/mol. The van der Waals surface area contributed by atoms with Gasteiger partial charge in [0, 0.05) is 12.1 Å². The number of halogens is 1. The Bertz CT molecular complexity index is 793. The zero-order valence-electron chi connectivity index (χ0n) is 13.3. The quantitative estimate of drug-likeness (QED) is 0.475. The highest BCUT2D eigenvalue weighted by Gasteiger charge is 2.47. The predicted octanol–water partition coefficient (Wildman–Crippen LogP) is 2.89. The lowest BCUT2D eigenvalue weighted by Crippen LogP contribution is -2.27. The maximum absolute atomic E-state index is 14.2. The second-order valence-electron chi connectivity index (χ2n) is 6.58. The van der Waals surface area contributed by atoms with Crippen molar-refractivity contribution in [3.63, 3.8) is 0 Å². The summed E-state index contributed by atoms with van der Waals surface area (Å²) in [6, 6.07) is 2.19. The molecule has 1 heterocycles. The number of rotatable bonds is 4. The second kappa shape index (κ2) is 5.33. The number of hydrogen-bond donors (Lipinski definition) is 0. The van der Waals surface area contributed by atoms with Gasteiger partial charge in [-0.25, -0.2) is 17.8 Å². The van der Waals surface area contributed by atoms with Crippen LogP contribution in [0.25, 0.3) is 0 Å². The van der Waals surface area contributed by atoms with Gasteiger partial charge >= 0.3 is 0 Å². The molecule has 23 heavy (non-hydrogen) atoms. The van der Waals surface area contributed by atoms with Crippen molar-refractivity contribution in [1.29, 1.82) is 0 Å². The third-order valence-corrected chi connectivity index (χ3v) is 5.63. The summed E-state index contributed by atoms with van der Waals surface area (Å²) in [7, 11) is -3.83. The highest BCUT2D eigenvalue weighted by molar-refractivity contribution is 7.91. The maximum Gasteiger partial charge on any atom is 0.273 e. The van der Waals surface area contributed by atoms with Crippen LogP contribution in [0.4, 0.5) is 10.1 Å². The molecule has 0 bridgehead atoms. The average Bonchev–Trinajstić information content (AvgIpc) is 3.15. The molecule has 1 aliphatic carbocycles. The van der Waals surface area contributed by atoms with Gasteiger partial charge < -0.3 is 0 Å². The Balaban J connectivity index is 2.55. The molecular weight excluding hydrogens is 325 g/mol. The molecule has 9 heteroatoms. The van der Waals surface area contributed by atoms with E-state index in [1.807, 2.05) is 0 Å². The number of hydrogen-bond acceptors (Lipinski definition) is 5. The Morgan fingerprint density at radius 3 is 2.39 bits per heavy atom. The molecule has 0 aromatic carbocycles. The van der Waals surface area contributed by atoms with Crippen molar-refractivity contribution in [2.45, 2.75) is 51.0 Å². The van der Waals surface area contributed by atoms with Crippen LogP contribution in [-0.4, -0.2) is 28.8 Å². The molecule has 0 spiro atoms. The number of sulfonamides is 1. The fourth-order valence-corrected chi connectivity index (χ4v) is 2.49. The summed E-state index contributed by atoms with van der Waals surface area (Å²) in [6.07, 6.45) is 0.494. The minimum atomic E-state index is -3.83. The molecule has 1 aromatic heterocycles. The first-order chi connectivity index (χ1) is 10.4. The molecule has 126 valence electrons. The van der Waals surface area contributed by atoms with Gasteiger partial charge in [0.2, 0.25) is 0 Å². The van der Waals surface area contributed by atoms with Crippen molar-refractivity contribution in [2.75, 3.05) is 0 Å². The van der Waals surface area contributed by atoms with Crippen molar-refractivity contribution >= 4 is 21.4 Å².